The van der Waals surface area contributed by atoms with Crippen molar-refractivity contribution >= 4 is 22.1 Å². The number of hydrogen-bond acceptors (Lipinski definition) is 5. The molecule has 1 aromatic rings. The number of carboxylic acids is 1. The summed E-state index contributed by atoms with van der Waals surface area (Å²) in [6.07, 6.45) is 13.3. The molecule has 0 unspecified atom stereocenters. The highest BCUT2D eigenvalue weighted by Gasteiger charge is 2.33. The van der Waals surface area contributed by atoms with Gasteiger partial charge in [-0.3, -0.25) is 0 Å². The molecule has 8 nitrogen and oxygen atoms in total. The van der Waals surface area contributed by atoms with Crippen molar-refractivity contribution < 1.29 is 18.3 Å². The molecule has 1 aromatic heterocycles. The molecule has 0 spiro atoms. The van der Waals surface area contributed by atoms with E-state index in [9.17, 15) is 13.2 Å². The normalized spacial score (nSPS) is 18.4. The highest BCUT2D eigenvalue weighted by Crippen LogP contribution is 2.42. The van der Waals surface area contributed by atoms with Crippen LogP contribution in [0.15, 0.2) is 52.0 Å². The third-order valence-electron chi connectivity index (χ3n) is 5.20. The Hall–Kier alpha value is -2.78. The van der Waals surface area contributed by atoms with Crippen LogP contribution in [0.1, 0.15) is 63.1 Å². The van der Waals surface area contributed by atoms with Gasteiger partial charge in [-0.15, -0.1) is 5.10 Å². The maximum absolute atomic E-state index is 12.5. The predicted octanol–water partition coefficient (Wildman–Crippen LogP) is 3.98. The molecule has 1 aliphatic rings. The lowest BCUT2D eigenvalue weighted by atomic mass is 9.75. The average molecular weight is 447 g/mol. The fourth-order valence-electron chi connectivity index (χ4n) is 3.44. The Labute approximate surface area is 183 Å². The summed E-state index contributed by atoms with van der Waals surface area (Å²) in [6, 6.07) is 0. The van der Waals surface area contributed by atoms with Gasteiger partial charge in [-0.25, -0.2) is 17.9 Å². The fraction of sp³-hybridized carbons (Fsp3) is 0.409. The summed E-state index contributed by atoms with van der Waals surface area (Å²) >= 11 is 0. The summed E-state index contributed by atoms with van der Waals surface area (Å²) in [7, 11) is -2.03. The van der Waals surface area contributed by atoms with Gasteiger partial charge in [0.05, 0.1) is 4.91 Å². The molecule has 0 fully saturated rings. The lowest BCUT2D eigenvalue weighted by molar-refractivity contribution is 0.0690. The second-order valence-corrected chi connectivity index (χ2v) is 10.0. The van der Waals surface area contributed by atoms with Crippen LogP contribution in [0.25, 0.3) is 6.08 Å². The van der Waals surface area contributed by atoms with Gasteiger partial charge in [-0.05, 0) is 62.8 Å². The molecule has 0 radical (unpaired) electrons. The lowest BCUT2D eigenvalue weighted by Gasteiger charge is -2.33. The van der Waals surface area contributed by atoms with Crippen LogP contribution in [0, 0.1) is 5.41 Å². The zero-order valence-electron chi connectivity index (χ0n) is 18.6. The van der Waals surface area contributed by atoms with E-state index in [0.717, 1.165) is 29.6 Å². The van der Waals surface area contributed by atoms with E-state index in [4.69, 9.17) is 5.11 Å². The number of H-pyrrole nitrogens is 1. The highest BCUT2D eigenvalue weighted by molar-refractivity contribution is 7.93. The van der Waals surface area contributed by atoms with E-state index in [-0.39, 0.29) is 16.8 Å². The van der Waals surface area contributed by atoms with E-state index < -0.39 is 16.0 Å². The minimum absolute atomic E-state index is 0.127. The highest BCUT2D eigenvalue weighted by atomic mass is 32.2. The smallest absolute Gasteiger partial charge is 0.358 e. The first-order valence-electron chi connectivity index (χ1n) is 10.0. The second kappa shape index (κ2) is 10.0. The van der Waals surface area contributed by atoms with Gasteiger partial charge in [-0.2, -0.15) is 10.3 Å². The molecule has 0 aliphatic heterocycles. The van der Waals surface area contributed by atoms with Crippen molar-refractivity contribution in [3.05, 3.63) is 63.4 Å². The number of aromatic nitrogens is 3. The number of carboxylic acid groups (broad SMARTS) is 1. The number of nitrogens with zero attached hydrogens (tertiary/aromatic N) is 2. The largest absolute Gasteiger partial charge is 0.476 e. The first-order valence-corrected chi connectivity index (χ1v) is 11.5. The molecule has 0 atom stereocenters. The van der Waals surface area contributed by atoms with Crippen molar-refractivity contribution in [3.8, 4) is 0 Å². The Kier molecular flexibility index (Phi) is 7.91. The molecule has 0 bridgehead atoms. The predicted molar refractivity (Wildman–Crippen MR) is 122 cm³/mol. The van der Waals surface area contributed by atoms with Crippen molar-refractivity contribution in [1.29, 1.82) is 0 Å². The summed E-state index contributed by atoms with van der Waals surface area (Å²) in [5.41, 5.74) is 2.52. The van der Waals surface area contributed by atoms with E-state index in [0.29, 0.717) is 11.3 Å². The maximum atomic E-state index is 12.5. The zero-order valence-corrected chi connectivity index (χ0v) is 19.4. The van der Waals surface area contributed by atoms with Crippen LogP contribution in [0.5, 0.6) is 0 Å². The Morgan fingerprint density at radius 3 is 2.55 bits per heavy atom. The van der Waals surface area contributed by atoms with Crippen LogP contribution in [-0.4, -0.2) is 42.0 Å². The topological polar surface area (TPSA) is 125 Å². The van der Waals surface area contributed by atoms with E-state index >= 15 is 0 Å². The molecular formula is C22H30N4O4S. The van der Waals surface area contributed by atoms with E-state index in [2.05, 4.69) is 34.0 Å². The van der Waals surface area contributed by atoms with Crippen molar-refractivity contribution in [3.63, 3.8) is 0 Å². The number of allylic oxidation sites excluding steroid dienone is 9. The first kappa shape index (κ1) is 24.5. The van der Waals surface area contributed by atoms with Crippen LogP contribution in [0.2, 0.25) is 0 Å². The van der Waals surface area contributed by atoms with E-state index in [1.165, 1.54) is 7.05 Å². The molecule has 0 amide bonds. The van der Waals surface area contributed by atoms with Gasteiger partial charge >= 0.3 is 5.97 Å². The van der Waals surface area contributed by atoms with Gasteiger partial charge in [0.15, 0.2) is 5.69 Å². The van der Waals surface area contributed by atoms with E-state index in [1.54, 1.807) is 6.08 Å². The molecule has 0 saturated heterocycles. The summed E-state index contributed by atoms with van der Waals surface area (Å²) in [6.45, 7) is 7.90. The van der Waals surface area contributed by atoms with Gasteiger partial charge in [0.1, 0.15) is 5.69 Å². The molecule has 31 heavy (non-hydrogen) atoms. The van der Waals surface area contributed by atoms with Crippen LogP contribution in [0.4, 0.5) is 0 Å². The first-order chi connectivity index (χ1) is 14.5. The lowest BCUT2D eigenvalue weighted by Crippen LogP contribution is -2.28. The number of hydrogen-bond donors (Lipinski definition) is 3. The molecule has 3 N–H and O–H groups in total. The zero-order chi connectivity index (χ0) is 23.2. The third-order valence-corrected chi connectivity index (χ3v) is 6.81. The Morgan fingerprint density at radius 1 is 1.19 bits per heavy atom. The van der Waals surface area contributed by atoms with Gasteiger partial charge in [-0.1, -0.05) is 49.8 Å². The summed E-state index contributed by atoms with van der Waals surface area (Å²) in [5, 5.41) is 18.8. The minimum Gasteiger partial charge on any atom is -0.476 e. The Balaban J connectivity index is 2.22. The fourth-order valence-corrected chi connectivity index (χ4v) is 4.73. The number of aromatic amines is 1. The second-order valence-electron chi connectivity index (χ2n) is 8.14. The quantitative estimate of drug-likeness (QED) is 0.519. The van der Waals surface area contributed by atoms with Gasteiger partial charge in [0.2, 0.25) is 10.0 Å². The van der Waals surface area contributed by atoms with Crippen LogP contribution in [0.3, 0.4) is 0 Å². The minimum atomic E-state index is -3.47. The molecule has 1 aliphatic carbocycles. The van der Waals surface area contributed by atoms with Crippen molar-refractivity contribution in [2.75, 3.05) is 7.05 Å². The van der Waals surface area contributed by atoms with Gasteiger partial charge in [0.25, 0.3) is 0 Å². The molecule has 1 heterocycles. The summed E-state index contributed by atoms with van der Waals surface area (Å²) < 4.78 is 27.4. The molecule has 2 rings (SSSR count). The van der Waals surface area contributed by atoms with Crippen molar-refractivity contribution in [2.24, 2.45) is 5.41 Å². The van der Waals surface area contributed by atoms with Crippen molar-refractivity contribution in [2.45, 2.75) is 47.0 Å². The van der Waals surface area contributed by atoms with Crippen LogP contribution in [-0.2, 0) is 10.0 Å². The third kappa shape index (κ3) is 6.35. The van der Waals surface area contributed by atoms with Crippen LogP contribution >= 0.6 is 0 Å². The number of sulfonamides is 1. The number of aromatic carboxylic acids is 1. The molecule has 0 saturated carbocycles. The Bertz CT molecular complexity index is 1090. The number of rotatable bonds is 8. The standard InChI is InChI=1S/C22H30N4O4S/c1-15(8-6-9-16(2)14-18-20(21(27)28)25-26-24-18)11-12-17-19(31(29,30)23-5)10-7-13-22(17,3)4/h6,8-9,11-12,14,23H,7,10,13H2,1-5H3,(H,27,28)(H,24,25,26)/b9-6+,12-11+,15-8+,16-14+. The van der Waals surface area contributed by atoms with Crippen molar-refractivity contribution in [1.82, 2.24) is 20.1 Å². The number of nitrogens with one attached hydrogen (secondary N) is 2. The average Bonchev–Trinajstić information content (AvgIpc) is 3.14. The SMILES string of the molecule is CNS(=O)(=O)C1=C(/C=C/C(C)=C/C=C/C(C)=C/c2n[nH]nc2C(=O)O)C(C)(C)CCC1. The molecule has 168 valence electrons. The molecule has 0 aromatic carbocycles. The van der Waals surface area contributed by atoms with Gasteiger partial charge < -0.3 is 5.11 Å². The molecular weight excluding hydrogens is 416 g/mol. The monoisotopic (exact) mass is 446 g/mol. The Morgan fingerprint density at radius 2 is 1.90 bits per heavy atom. The van der Waals surface area contributed by atoms with Gasteiger partial charge in [0, 0.05) is 0 Å². The summed E-state index contributed by atoms with van der Waals surface area (Å²) in [4.78, 5) is 11.6. The maximum Gasteiger partial charge on any atom is 0.358 e. The summed E-state index contributed by atoms with van der Waals surface area (Å²) in [5.74, 6) is -1.14. The van der Waals surface area contributed by atoms with E-state index in [1.807, 2.05) is 44.2 Å². The van der Waals surface area contributed by atoms with Crippen LogP contribution < -0.4 is 4.72 Å². The number of carbonyl (C=O) groups is 1. The molecule has 9 heteroatoms.